The molecule has 12 aromatic rings. The molecule has 5 atom stereocenters. The average molecular weight is 1700 g/mol. The summed E-state index contributed by atoms with van der Waals surface area (Å²) in [6.45, 7) is 40.1. The van der Waals surface area contributed by atoms with Gasteiger partial charge < -0.3 is 66.1 Å². The van der Waals surface area contributed by atoms with Gasteiger partial charge >= 0.3 is 49.9 Å². The van der Waals surface area contributed by atoms with E-state index in [9.17, 15) is 10.2 Å². The van der Waals surface area contributed by atoms with Gasteiger partial charge in [-0.2, -0.15) is 0 Å². The van der Waals surface area contributed by atoms with Gasteiger partial charge in [0.25, 0.3) is 0 Å². The molecule has 0 bridgehead atoms. The van der Waals surface area contributed by atoms with Gasteiger partial charge in [0.15, 0.2) is 28.7 Å². The molecule has 0 saturated heterocycles. The molecule has 13 rings (SSSR count). The van der Waals surface area contributed by atoms with Crippen molar-refractivity contribution in [3.8, 4) is 80.5 Å². The summed E-state index contributed by atoms with van der Waals surface area (Å²) in [7, 11) is -21.0. The Morgan fingerprint density at radius 1 is 0.229 bits per heavy atom. The van der Waals surface area contributed by atoms with Crippen molar-refractivity contribution < 1.29 is 66.1 Å². The maximum Gasteiger partial charge on any atom is 0.447 e. The highest BCUT2D eigenvalue weighted by Gasteiger charge is 2.62. The summed E-state index contributed by atoms with van der Waals surface area (Å²) in [5, 5.41) is 23.0. The zero-order valence-electron chi connectivity index (χ0n) is 70.1. The smallest absolute Gasteiger partial charge is 0.447 e. The SMILES string of the molecule is Cc1cccc(ON2P(Oc3cccc(C)c3C)N=P(Oc3ccc(O)cc3)(Oc3ccc(O)cc3)N(Oc3cccc(C)c3C)P(Oc3cccc(C)c3C)N(Oc3cccc(C)c3C)P(Oc3cccc(C)c3C)N(Oc3cccc(C)c3C)P(Oc3cccc(C)c3C)N(Oc3cccc(C)c3C)P2Oc2cccc(C)c2C)c1C. The lowest BCUT2D eigenvalue weighted by Crippen LogP contribution is -2.42. The minimum absolute atomic E-state index is 0.0727. The van der Waals surface area contributed by atoms with Crippen LogP contribution in [0.2, 0.25) is 0 Å². The van der Waals surface area contributed by atoms with E-state index in [2.05, 4.69) is 0 Å². The standard InChI is InChI=1S/C92H100N6O14P6/c1-59-31-21-41-83(69(59)11)101-94-113(106-88-46-26-36-64(6)74(88)16)93-118(111-81-55-51-79(99)52-56-81,112-82-57-53-80(100)54-58-82)98(105-87-45-25-35-63(5)73(87)15)117(110-92-50-30-40-68(10)78(92)20)97(104-86-44-24-34-62(4)72(86)14)116(109-91-49-29-39-67(9)77(91)19)96(103-85-43-23-33-61(3)71(85)13)115(108-90-48-28-38-66(8)76(90)18)95(102-84-42-22-32-60(2)70(84)12)114(94)107-89-47-27-37-65(7)75(89)17/h21-58,99-100H,1-20H3. The second kappa shape index (κ2) is 37.5. The number of benzene rings is 12. The Morgan fingerprint density at radius 3 is 0.703 bits per heavy atom. The molecule has 1 heterocycles. The minimum Gasteiger partial charge on any atom is -0.508 e. The molecule has 0 radical (unpaired) electrons. The maximum absolute atomic E-state index is 11.5. The van der Waals surface area contributed by atoms with E-state index in [-0.39, 0.29) is 23.0 Å². The molecule has 12 aromatic carbocycles. The van der Waals surface area contributed by atoms with E-state index in [0.29, 0.717) is 63.1 Å². The first-order valence-corrected chi connectivity index (χ1v) is 45.9. The Morgan fingerprint density at radius 2 is 0.432 bits per heavy atom. The zero-order chi connectivity index (χ0) is 84.0. The van der Waals surface area contributed by atoms with Crippen molar-refractivity contribution in [3.05, 3.63) is 342 Å². The molecule has 26 heteroatoms. The molecule has 0 amide bonds. The van der Waals surface area contributed by atoms with Crippen molar-refractivity contribution in [1.29, 1.82) is 0 Å². The van der Waals surface area contributed by atoms with Crippen LogP contribution in [0.4, 0.5) is 0 Å². The quantitative estimate of drug-likeness (QED) is 0.0545. The minimum atomic E-state index is -5.23. The molecule has 1 aliphatic heterocycles. The second-order valence-corrected chi connectivity index (χ2v) is 39.9. The molecule has 0 aromatic heterocycles. The van der Waals surface area contributed by atoms with Gasteiger partial charge in [0.2, 0.25) is 0 Å². The first-order valence-electron chi connectivity index (χ1n) is 38.6. The van der Waals surface area contributed by atoms with Crippen molar-refractivity contribution >= 4 is 49.9 Å². The van der Waals surface area contributed by atoms with Gasteiger partial charge in [-0.3, -0.25) is 0 Å². The zero-order valence-corrected chi connectivity index (χ0v) is 75.5. The van der Waals surface area contributed by atoms with Crippen LogP contribution in [-0.2, 0) is 0 Å². The fourth-order valence-electron chi connectivity index (χ4n) is 12.0. The molecule has 0 spiro atoms. The summed E-state index contributed by atoms with van der Waals surface area (Å²) in [6.07, 6.45) is 0. The van der Waals surface area contributed by atoms with Crippen LogP contribution in [-0.4, -0.2) is 33.2 Å². The van der Waals surface area contributed by atoms with E-state index >= 15 is 0 Å². The van der Waals surface area contributed by atoms with Crippen LogP contribution >= 0.6 is 49.9 Å². The Balaban J connectivity index is 1.36. The van der Waals surface area contributed by atoms with Gasteiger partial charge in [-0.25, -0.2) is 0 Å². The van der Waals surface area contributed by atoms with Crippen molar-refractivity contribution in [2.24, 2.45) is 4.52 Å². The molecule has 612 valence electrons. The number of rotatable bonds is 24. The molecule has 118 heavy (non-hydrogen) atoms. The Hall–Kier alpha value is -9.98. The number of hydrogen-bond acceptors (Lipinski definition) is 20. The molecular formula is C92H100N6O14P6. The van der Waals surface area contributed by atoms with Gasteiger partial charge in [-0.05, 0) is 359 Å². The number of phenols is 2. The van der Waals surface area contributed by atoms with Crippen molar-refractivity contribution in [1.82, 2.24) is 23.0 Å². The van der Waals surface area contributed by atoms with E-state index in [4.69, 9.17) is 60.4 Å². The number of aromatic hydroxyl groups is 2. The third kappa shape index (κ3) is 19.2. The van der Waals surface area contributed by atoms with Gasteiger partial charge in [-0.15, -0.1) is 4.52 Å². The predicted octanol–water partition coefficient (Wildman–Crippen LogP) is 27.7. The van der Waals surface area contributed by atoms with E-state index in [1.807, 2.05) is 320 Å². The van der Waals surface area contributed by atoms with Crippen LogP contribution in [0.3, 0.4) is 0 Å². The highest BCUT2D eigenvalue weighted by Crippen LogP contribution is 2.80. The van der Waals surface area contributed by atoms with E-state index in [0.717, 1.165) is 106 Å². The predicted molar refractivity (Wildman–Crippen MR) is 476 cm³/mol. The fourth-order valence-corrected chi connectivity index (χ4v) is 26.6. The van der Waals surface area contributed by atoms with Crippen LogP contribution < -0.4 is 55.9 Å². The molecular weight excluding hydrogens is 1600 g/mol. The second-order valence-electron chi connectivity index (χ2n) is 29.2. The molecule has 1 aliphatic rings. The highest BCUT2D eigenvalue weighted by atomic mass is 31.3. The number of phenolic OH excluding ortho intramolecular Hbond substituents is 2. The molecule has 20 nitrogen and oxygen atoms in total. The first-order chi connectivity index (χ1) is 56.5. The Labute approximate surface area is 700 Å². The van der Waals surface area contributed by atoms with Crippen molar-refractivity contribution in [2.75, 3.05) is 0 Å². The van der Waals surface area contributed by atoms with Gasteiger partial charge in [-0.1, -0.05) is 121 Å². The molecule has 0 saturated carbocycles. The van der Waals surface area contributed by atoms with Gasteiger partial charge in [0.05, 0.1) is 0 Å². The average Bonchev–Trinajstić information content (AvgIpc) is 0.737. The summed E-state index contributed by atoms with van der Waals surface area (Å²) in [4.78, 5) is 40.9. The summed E-state index contributed by atoms with van der Waals surface area (Å²) in [6, 6.07) is 70.9. The van der Waals surface area contributed by atoms with Crippen LogP contribution in [0, 0.1) is 138 Å². The van der Waals surface area contributed by atoms with E-state index in [1.165, 1.54) is 28.9 Å². The molecule has 5 unspecified atom stereocenters. The molecule has 0 fully saturated rings. The van der Waals surface area contributed by atoms with Gasteiger partial charge in [0, 0.05) is 23.0 Å². The lowest BCUT2D eigenvalue weighted by molar-refractivity contribution is 0.0229. The van der Waals surface area contributed by atoms with E-state index < -0.39 is 49.9 Å². The number of aryl methyl sites for hydroxylation is 10. The first kappa shape index (κ1) is 85.9. The maximum atomic E-state index is 11.5. The summed E-state index contributed by atoms with van der Waals surface area (Å²) < 4.78 is 72.0. The highest BCUT2D eigenvalue weighted by molar-refractivity contribution is 7.79. The molecule has 2 N–H and O–H groups in total. The Bertz CT molecular complexity index is 5640. The fraction of sp³-hybridized carbons (Fsp3) is 0.217. The van der Waals surface area contributed by atoms with Gasteiger partial charge in [0.1, 0.15) is 51.7 Å². The third-order valence-corrected chi connectivity index (χ3v) is 34.1. The Kier molecular flexibility index (Phi) is 27.3. The summed E-state index contributed by atoms with van der Waals surface area (Å²) in [5.74, 6) is 3.72. The van der Waals surface area contributed by atoms with Crippen molar-refractivity contribution in [3.63, 3.8) is 0 Å². The lowest BCUT2D eigenvalue weighted by atomic mass is 10.1. The number of nitrogens with zero attached hydrogens (tertiary/aromatic N) is 6. The topological polar surface area (TPSA) is 180 Å². The third-order valence-electron chi connectivity index (χ3n) is 21.2. The molecule has 0 aliphatic carbocycles. The largest absolute Gasteiger partial charge is 0.508 e. The lowest BCUT2D eigenvalue weighted by Gasteiger charge is -2.46. The normalized spacial score (nSPS) is 16.9. The summed E-state index contributed by atoms with van der Waals surface area (Å²) >= 11 is 0. The summed E-state index contributed by atoms with van der Waals surface area (Å²) in [5.41, 5.74) is 16.3. The van der Waals surface area contributed by atoms with E-state index in [1.54, 1.807) is 42.7 Å². The van der Waals surface area contributed by atoms with Crippen LogP contribution in [0.5, 0.6) is 80.5 Å². The van der Waals surface area contributed by atoms with Crippen LogP contribution in [0.15, 0.2) is 235 Å². The van der Waals surface area contributed by atoms with Crippen LogP contribution in [0.1, 0.15) is 111 Å². The monoisotopic (exact) mass is 1700 g/mol. The van der Waals surface area contributed by atoms with Crippen molar-refractivity contribution in [2.45, 2.75) is 138 Å². The van der Waals surface area contributed by atoms with Crippen LogP contribution in [0.25, 0.3) is 0 Å². The number of hydrogen-bond donors (Lipinski definition) is 2.